The molecule has 19 heteroatoms. The first kappa shape index (κ1) is 103. The van der Waals surface area contributed by atoms with E-state index in [4.69, 9.17) is 28.4 Å². The molecule has 654 valence electrons. The zero-order valence-electron chi connectivity index (χ0n) is 70.7. The number of carbonyl (C=O) groups excluding carboxylic acids is 1. The lowest BCUT2D eigenvalue weighted by molar-refractivity contribution is -0.379. The van der Waals surface area contributed by atoms with Crippen molar-refractivity contribution >= 4 is 5.91 Å². The zero-order valence-corrected chi connectivity index (χ0v) is 70.7. The van der Waals surface area contributed by atoms with Crippen LogP contribution in [0.3, 0.4) is 0 Å². The van der Waals surface area contributed by atoms with E-state index < -0.39 is 124 Å². The Morgan fingerprint density at radius 2 is 0.577 bits per heavy atom. The van der Waals surface area contributed by atoms with Crippen molar-refractivity contribution in [2.45, 2.75) is 516 Å². The lowest BCUT2D eigenvalue weighted by Gasteiger charge is -2.48. The summed E-state index contributed by atoms with van der Waals surface area (Å²) in [5, 5.41) is 121. The molecule has 17 unspecified atom stereocenters. The van der Waals surface area contributed by atoms with Crippen LogP contribution in [0.15, 0.2) is 36.5 Å². The number of aliphatic hydroxyl groups is 11. The van der Waals surface area contributed by atoms with Crippen LogP contribution in [0.4, 0.5) is 0 Å². The number of allylic oxidation sites excluding steroid dienone is 5. The number of rotatable bonds is 77. The Labute approximate surface area is 676 Å². The van der Waals surface area contributed by atoms with Gasteiger partial charge in [0.1, 0.15) is 73.2 Å². The maximum absolute atomic E-state index is 13.5. The van der Waals surface area contributed by atoms with Crippen LogP contribution in [0.25, 0.3) is 0 Å². The van der Waals surface area contributed by atoms with Crippen molar-refractivity contribution < 1.29 is 89.4 Å². The molecule has 19 nitrogen and oxygen atoms in total. The summed E-state index contributed by atoms with van der Waals surface area (Å²) in [6.07, 6.45) is 66.2. The van der Waals surface area contributed by atoms with Gasteiger partial charge in [-0.15, -0.1) is 0 Å². The van der Waals surface area contributed by atoms with Crippen LogP contribution >= 0.6 is 0 Å². The molecule has 3 rings (SSSR count). The second-order valence-electron chi connectivity index (χ2n) is 33.5. The predicted molar refractivity (Wildman–Crippen MR) is 448 cm³/mol. The first-order valence-corrected chi connectivity index (χ1v) is 46.7. The summed E-state index contributed by atoms with van der Waals surface area (Å²) >= 11 is 0. The van der Waals surface area contributed by atoms with Crippen molar-refractivity contribution in [3.8, 4) is 0 Å². The molecule has 3 aliphatic heterocycles. The minimum Gasteiger partial charge on any atom is -0.394 e. The summed E-state index contributed by atoms with van der Waals surface area (Å²) in [6.45, 7) is 1.78. The van der Waals surface area contributed by atoms with Crippen LogP contribution in [0.5, 0.6) is 0 Å². The van der Waals surface area contributed by atoms with Crippen molar-refractivity contribution in [1.29, 1.82) is 0 Å². The van der Waals surface area contributed by atoms with E-state index in [1.165, 1.54) is 334 Å². The molecule has 0 saturated carbocycles. The van der Waals surface area contributed by atoms with Gasteiger partial charge in [-0.3, -0.25) is 4.79 Å². The number of hydrogen-bond acceptors (Lipinski definition) is 18. The van der Waals surface area contributed by atoms with Crippen LogP contribution < -0.4 is 5.32 Å². The molecule has 3 fully saturated rings. The van der Waals surface area contributed by atoms with Gasteiger partial charge in [0, 0.05) is 6.42 Å². The highest BCUT2D eigenvalue weighted by atomic mass is 16.8. The van der Waals surface area contributed by atoms with Gasteiger partial charge in [0.2, 0.25) is 5.91 Å². The van der Waals surface area contributed by atoms with Gasteiger partial charge in [0.15, 0.2) is 18.9 Å². The highest BCUT2D eigenvalue weighted by molar-refractivity contribution is 5.76. The second kappa shape index (κ2) is 72.1. The van der Waals surface area contributed by atoms with Gasteiger partial charge in [0.05, 0.1) is 38.6 Å². The van der Waals surface area contributed by atoms with Crippen LogP contribution in [-0.2, 0) is 33.2 Å². The molecule has 0 radical (unpaired) electrons. The topological polar surface area (TPSA) is 307 Å². The Morgan fingerprint density at radius 3 is 0.901 bits per heavy atom. The van der Waals surface area contributed by atoms with Gasteiger partial charge >= 0.3 is 0 Å². The Morgan fingerprint density at radius 1 is 0.315 bits per heavy atom. The van der Waals surface area contributed by atoms with Crippen molar-refractivity contribution in [2.24, 2.45) is 0 Å². The number of ether oxygens (including phenoxy) is 6. The first-order valence-electron chi connectivity index (χ1n) is 46.7. The molecule has 0 aromatic rings. The highest BCUT2D eigenvalue weighted by Gasteiger charge is 2.54. The maximum Gasteiger partial charge on any atom is 0.220 e. The SMILES string of the molecule is CCCCCCCCCCCCCCCCCCC/C=C/CC/C=C/CC/C=C/C(O)C(COC1OC(CO)C(OC2OC(CO)C(OC3OC(CO)C(O)C(O)C3O)C(O)C2O)C(O)C1O)NC(=O)CCCCCCCCCCCCCCCCCCCCCCCCCCCCCCCCCCCCCCCCC. The molecular formula is C92H173NO18. The van der Waals surface area contributed by atoms with Gasteiger partial charge in [-0.05, 0) is 44.9 Å². The number of aliphatic hydroxyl groups excluding tert-OH is 11. The normalized spacial score (nSPS) is 25.1. The number of hydrogen-bond donors (Lipinski definition) is 12. The molecule has 0 aliphatic carbocycles. The van der Waals surface area contributed by atoms with Crippen LogP contribution in [0, 0.1) is 0 Å². The second-order valence-corrected chi connectivity index (χ2v) is 33.5. The molecule has 1 amide bonds. The third-order valence-corrected chi connectivity index (χ3v) is 23.4. The summed E-state index contributed by atoms with van der Waals surface area (Å²) in [5.74, 6) is -0.281. The van der Waals surface area contributed by atoms with Crippen LogP contribution in [-0.4, -0.2) is 193 Å². The summed E-state index contributed by atoms with van der Waals surface area (Å²) in [7, 11) is 0. The molecular weight excluding hydrogens is 1410 g/mol. The van der Waals surface area contributed by atoms with E-state index in [0.29, 0.717) is 12.8 Å². The van der Waals surface area contributed by atoms with Gasteiger partial charge in [-0.2, -0.15) is 0 Å². The van der Waals surface area contributed by atoms with E-state index >= 15 is 0 Å². The predicted octanol–water partition coefficient (Wildman–Crippen LogP) is 18.2. The molecule has 0 aromatic heterocycles. The maximum atomic E-state index is 13.5. The monoisotopic (exact) mass is 1580 g/mol. The quantitative estimate of drug-likeness (QED) is 0.0199. The van der Waals surface area contributed by atoms with Crippen molar-refractivity contribution in [2.75, 3.05) is 26.4 Å². The number of carbonyl (C=O) groups is 1. The average Bonchev–Trinajstić information content (AvgIpc) is 0.781. The smallest absolute Gasteiger partial charge is 0.220 e. The summed E-state index contributed by atoms with van der Waals surface area (Å²) < 4.78 is 34.5. The van der Waals surface area contributed by atoms with Gasteiger partial charge in [-0.1, -0.05) is 397 Å². The molecule has 17 atom stereocenters. The summed E-state index contributed by atoms with van der Waals surface area (Å²) in [5.41, 5.74) is 0. The number of amides is 1. The zero-order chi connectivity index (χ0) is 80.3. The highest BCUT2D eigenvalue weighted by Crippen LogP contribution is 2.34. The first-order chi connectivity index (χ1) is 54.3. The lowest BCUT2D eigenvalue weighted by Crippen LogP contribution is -2.66. The van der Waals surface area contributed by atoms with Crippen molar-refractivity contribution in [3.63, 3.8) is 0 Å². The summed E-state index contributed by atoms with van der Waals surface area (Å²) in [6, 6.07) is -0.997. The van der Waals surface area contributed by atoms with Crippen molar-refractivity contribution in [3.05, 3.63) is 36.5 Å². The van der Waals surface area contributed by atoms with Crippen LogP contribution in [0.1, 0.15) is 412 Å². The molecule has 12 N–H and O–H groups in total. The fourth-order valence-electron chi connectivity index (χ4n) is 16.0. The fraction of sp³-hybridized carbons (Fsp3) is 0.924. The van der Waals surface area contributed by atoms with Gasteiger partial charge in [-0.25, -0.2) is 0 Å². The molecule has 111 heavy (non-hydrogen) atoms. The Balaban J connectivity index is 1.31. The van der Waals surface area contributed by atoms with Crippen LogP contribution in [0.2, 0.25) is 0 Å². The molecule has 3 saturated heterocycles. The lowest BCUT2D eigenvalue weighted by atomic mass is 9.96. The molecule has 0 aromatic carbocycles. The number of unbranched alkanes of at least 4 members (excludes halogenated alkanes) is 57. The van der Waals surface area contributed by atoms with E-state index in [0.717, 1.165) is 44.9 Å². The third-order valence-electron chi connectivity index (χ3n) is 23.4. The van der Waals surface area contributed by atoms with Crippen molar-refractivity contribution in [1.82, 2.24) is 5.32 Å². The van der Waals surface area contributed by atoms with E-state index in [1.807, 2.05) is 6.08 Å². The fourth-order valence-corrected chi connectivity index (χ4v) is 16.0. The van der Waals surface area contributed by atoms with E-state index in [-0.39, 0.29) is 18.9 Å². The molecule has 0 bridgehead atoms. The van der Waals surface area contributed by atoms with Gasteiger partial charge < -0.3 is 89.9 Å². The Kier molecular flexibility index (Phi) is 67.0. The largest absolute Gasteiger partial charge is 0.394 e. The number of nitrogens with one attached hydrogen (secondary N) is 1. The summed E-state index contributed by atoms with van der Waals surface area (Å²) in [4.78, 5) is 13.5. The molecule has 3 aliphatic rings. The van der Waals surface area contributed by atoms with E-state index in [1.54, 1.807) is 6.08 Å². The van der Waals surface area contributed by atoms with E-state index in [9.17, 15) is 61.0 Å². The molecule has 3 heterocycles. The average molecular weight is 1580 g/mol. The minimum atomic E-state index is -1.98. The standard InChI is InChI=1S/C92H173NO18/c1-3-5-7-9-11-13-15-17-19-21-23-25-27-29-31-32-33-34-35-36-37-38-39-40-41-42-44-46-48-50-52-54-56-58-60-62-64-66-68-70-80(98)93-75(76(97)69-67-65-63-61-59-57-55-53-51-49-47-45-43-30-28-26-24-22-20-18-16-14-12-10-8-6-4-2)74-106-90-86(104)83(101)88(78(72-95)108-90)111-92-87(105)84(102)89(79(73-96)109-92)110-91-85(103)82(100)81(99)77(71-94)107-91/h51,53,59,61,67,69,75-79,81-92,94-97,99-105H,3-50,52,54-58,60,62-66,68,70-74H2,1-2H3,(H,93,98)/b53-51+,61-59+,69-67+. The molecule has 0 spiro atoms. The van der Waals surface area contributed by atoms with E-state index in [2.05, 4.69) is 43.5 Å². The Bertz CT molecular complexity index is 2140. The Hall–Kier alpha value is -1.99. The van der Waals surface area contributed by atoms with Gasteiger partial charge in [0.25, 0.3) is 0 Å². The third kappa shape index (κ3) is 50.5. The minimum absolute atomic E-state index is 0.237.